The minimum absolute atomic E-state index is 0.590. The molecule has 2 nitrogen and oxygen atoms in total. The van der Waals surface area contributed by atoms with Crippen molar-refractivity contribution in [1.29, 1.82) is 0 Å². The van der Waals surface area contributed by atoms with Crippen LogP contribution in [0.3, 0.4) is 0 Å². The predicted molar refractivity (Wildman–Crippen MR) is 51.0 cm³/mol. The quantitative estimate of drug-likeness (QED) is 0.661. The summed E-state index contributed by atoms with van der Waals surface area (Å²) in [5.74, 6) is 0.590. The molecule has 0 aliphatic carbocycles. The predicted octanol–water partition coefficient (Wildman–Crippen LogP) is 2.24. The van der Waals surface area contributed by atoms with Crippen molar-refractivity contribution in [3.63, 3.8) is 0 Å². The van der Waals surface area contributed by atoms with Crippen LogP contribution in [0.4, 0.5) is 5.69 Å². The number of fused-ring (bicyclic) bond motifs is 1. The minimum Gasteiger partial charge on any atom is -0.321 e. The Bertz CT molecular complexity index is 292. The summed E-state index contributed by atoms with van der Waals surface area (Å²) in [7, 11) is 0. The standard InChI is InChI=1S/C10H14N2/c1-7(2)9-5-3-4-8-6-11-12-10(8)9/h3-5,7,11-12H,6H2,1-2H3. The topological polar surface area (TPSA) is 24.1 Å². The maximum atomic E-state index is 3.20. The van der Waals surface area contributed by atoms with E-state index in [1.165, 1.54) is 16.8 Å². The first-order valence-electron chi connectivity index (χ1n) is 4.39. The van der Waals surface area contributed by atoms with Crippen molar-refractivity contribution in [2.45, 2.75) is 26.3 Å². The zero-order chi connectivity index (χ0) is 8.55. The van der Waals surface area contributed by atoms with Crippen LogP contribution in [0, 0.1) is 0 Å². The molecule has 0 saturated heterocycles. The summed E-state index contributed by atoms with van der Waals surface area (Å²) in [6, 6.07) is 6.47. The number of benzene rings is 1. The van der Waals surface area contributed by atoms with E-state index >= 15 is 0 Å². The van der Waals surface area contributed by atoms with Crippen LogP contribution in [0.2, 0.25) is 0 Å². The lowest BCUT2D eigenvalue weighted by Crippen LogP contribution is -2.11. The van der Waals surface area contributed by atoms with Crippen LogP contribution in [-0.4, -0.2) is 0 Å². The van der Waals surface area contributed by atoms with Crippen LogP contribution in [0.5, 0.6) is 0 Å². The Morgan fingerprint density at radius 3 is 2.92 bits per heavy atom. The van der Waals surface area contributed by atoms with Crippen molar-refractivity contribution < 1.29 is 0 Å². The van der Waals surface area contributed by atoms with Crippen molar-refractivity contribution in [1.82, 2.24) is 5.43 Å². The van der Waals surface area contributed by atoms with E-state index in [1.54, 1.807) is 0 Å². The maximum Gasteiger partial charge on any atom is 0.0567 e. The lowest BCUT2D eigenvalue weighted by atomic mass is 9.99. The monoisotopic (exact) mass is 162 g/mol. The van der Waals surface area contributed by atoms with Crippen molar-refractivity contribution in [2.75, 3.05) is 5.43 Å². The highest BCUT2D eigenvalue weighted by Crippen LogP contribution is 2.29. The number of hydrogen-bond donors (Lipinski definition) is 2. The molecule has 0 saturated carbocycles. The maximum absolute atomic E-state index is 3.20. The third-order valence-electron chi connectivity index (χ3n) is 2.30. The smallest absolute Gasteiger partial charge is 0.0567 e. The van der Waals surface area contributed by atoms with E-state index in [4.69, 9.17) is 0 Å². The van der Waals surface area contributed by atoms with Crippen molar-refractivity contribution in [3.8, 4) is 0 Å². The molecule has 0 unspecified atom stereocenters. The van der Waals surface area contributed by atoms with Gasteiger partial charge in [-0.15, -0.1) is 0 Å². The molecular formula is C10H14N2. The number of nitrogens with one attached hydrogen (secondary N) is 2. The van der Waals surface area contributed by atoms with Crippen molar-refractivity contribution in [2.24, 2.45) is 0 Å². The van der Waals surface area contributed by atoms with Gasteiger partial charge in [-0.05, 0) is 17.0 Å². The van der Waals surface area contributed by atoms with E-state index in [1.807, 2.05) is 0 Å². The Morgan fingerprint density at radius 2 is 2.17 bits per heavy atom. The molecule has 2 rings (SSSR count). The normalized spacial score (nSPS) is 14.6. The summed E-state index contributed by atoms with van der Waals surface area (Å²) < 4.78 is 0. The molecule has 0 amide bonds. The van der Waals surface area contributed by atoms with Crippen LogP contribution in [0.1, 0.15) is 30.9 Å². The van der Waals surface area contributed by atoms with Gasteiger partial charge in [0, 0.05) is 6.54 Å². The van der Waals surface area contributed by atoms with Gasteiger partial charge in [0.25, 0.3) is 0 Å². The van der Waals surface area contributed by atoms with Crippen LogP contribution >= 0.6 is 0 Å². The molecule has 12 heavy (non-hydrogen) atoms. The second kappa shape index (κ2) is 2.79. The Labute approximate surface area is 73.0 Å². The third-order valence-corrected chi connectivity index (χ3v) is 2.30. The summed E-state index contributed by atoms with van der Waals surface area (Å²) in [5, 5.41) is 0. The molecule has 0 fully saturated rings. The Kier molecular flexibility index (Phi) is 1.77. The highest BCUT2D eigenvalue weighted by molar-refractivity contribution is 5.60. The molecule has 64 valence electrons. The van der Waals surface area contributed by atoms with Crippen LogP contribution in [-0.2, 0) is 6.54 Å². The van der Waals surface area contributed by atoms with Gasteiger partial charge < -0.3 is 5.43 Å². The van der Waals surface area contributed by atoms with Crippen LogP contribution in [0.25, 0.3) is 0 Å². The van der Waals surface area contributed by atoms with Gasteiger partial charge in [0.1, 0.15) is 0 Å². The van der Waals surface area contributed by atoms with Crippen molar-refractivity contribution in [3.05, 3.63) is 29.3 Å². The Balaban J connectivity index is 2.49. The van der Waals surface area contributed by atoms with E-state index in [9.17, 15) is 0 Å². The molecule has 0 spiro atoms. The Hall–Kier alpha value is -1.02. The fourth-order valence-electron chi connectivity index (χ4n) is 1.63. The molecular weight excluding hydrogens is 148 g/mol. The van der Waals surface area contributed by atoms with Gasteiger partial charge in [0.15, 0.2) is 0 Å². The first-order valence-corrected chi connectivity index (χ1v) is 4.39. The molecule has 1 heterocycles. The molecule has 0 aromatic heterocycles. The van der Waals surface area contributed by atoms with Gasteiger partial charge in [-0.25, -0.2) is 5.43 Å². The van der Waals surface area contributed by atoms with Crippen LogP contribution < -0.4 is 10.9 Å². The summed E-state index contributed by atoms with van der Waals surface area (Å²) >= 11 is 0. The first-order chi connectivity index (χ1) is 5.79. The number of anilines is 1. The van der Waals surface area contributed by atoms with Crippen LogP contribution in [0.15, 0.2) is 18.2 Å². The summed E-state index contributed by atoms with van der Waals surface area (Å²) in [6.07, 6.45) is 0. The largest absolute Gasteiger partial charge is 0.321 e. The van der Waals surface area contributed by atoms with E-state index < -0.39 is 0 Å². The van der Waals surface area contributed by atoms with Crippen molar-refractivity contribution >= 4 is 5.69 Å². The summed E-state index contributed by atoms with van der Waals surface area (Å²) in [4.78, 5) is 0. The average molecular weight is 162 g/mol. The van der Waals surface area contributed by atoms with E-state index in [0.717, 1.165) is 6.54 Å². The highest BCUT2D eigenvalue weighted by Gasteiger charge is 2.14. The van der Waals surface area contributed by atoms with E-state index in [0.29, 0.717) is 5.92 Å². The number of para-hydroxylation sites is 1. The fraction of sp³-hybridized carbons (Fsp3) is 0.400. The number of rotatable bonds is 1. The van der Waals surface area contributed by atoms with Gasteiger partial charge >= 0.3 is 0 Å². The molecule has 0 bridgehead atoms. The molecule has 2 heteroatoms. The molecule has 1 aliphatic rings. The molecule has 0 atom stereocenters. The van der Waals surface area contributed by atoms with Gasteiger partial charge in [0.2, 0.25) is 0 Å². The van der Waals surface area contributed by atoms with Gasteiger partial charge in [0.05, 0.1) is 5.69 Å². The molecule has 1 aromatic rings. The highest BCUT2D eigenvalue weighted by atomic mass is 15.4. The molecule has 0 radical (unpaired) electrons. The Morgan fingerprint density at radius 1 is 1.33 bits per heavy atom. The second-order valence-corrected chi connectivity index (χ2v) is 3.51. The van der Waals surface area contributed by atoms with Gasteiger partial charge in [-0.1, -0.05) is 32.0 Å². The van der Waals surface area contributed by atoms with Gasteiger partial charge in [-0.3, -0.25) is 0 Å². The van der Waals surface area contributed by atoms with E-state index in [2.05, 4.69) is 42.9 Å². The first kappa shape index (κ1) is 7.62. The lowest BCUT2D eigenvalue weighted by Gasteiger charge is -2.10. The number of hydrazine groups is 1. The zero-order valence-electron chi connectivity index (χ0n) is 7.52. The average Bonchev–Trinajstić information content (AvgIpc) is 2.49. The lowest BCUT2D eigenvalue weighted by molar-refractivity contribution is 0.852. The zero-order valence-corrected chi connectivity index (χ0v) is 7.52. The minimum atomic E-state index is 0.590. The summed E-state index contributed by atoms with van der Waals surface area (Å²) in [6.45, 7) is 5.38. The summed E-state index contributed by atoms with van der Waals surface area (Å²) in [5.41, 5.74) is 10.4. The van der Waals surface area contributed by atoms with Gasteiger partial charge in [-0.2, -0.15) is 0 Å². The molecule has 1 aromatic carbocycles. The SMILES string of the molecule is CC(C)c1cccc2c1NNC2. The number of hydrogen-bond acceptors (Lipinski definition) is 2. The van der Waals surface area contributed by atoms with E-state index in [-0.39, 0.29) is 0 Å². The second-order valence-electron chi connectivity index (χ2n) is 3.51. The molecule has 2 N–H and O–H groups in total. The molecule has 1 aliphatic heterocycles. The third kappa shape index (κ3) is 1.08. The fourth-order valence-corrected chi connectivity index (χ4v) is 1.63.